The van der Waals surface area contributed by atoms with Gasteiger partial charge in [-0.15, -0.1) is 0 Å². The van der Waals surface area contributed by atoms with Crippen molar-refractivity contribution in [3.05, 3.63) is 48.1 Å². The van der Waals surface area contributed by atoms with Crippen molar-refractivity contribution in [1.29, 1.82) is 0 Å². The van der Waals surface area contributed by atoms with Gasteiger partial charge in [-0.1, -0.05) is 48.1 Å². The summed E-state index contributed by atoms with van der Waals surface area (Å²) < 4.78 is 0. The molecule has 1 heterocycles. The monoisotopic (exact) mass is 338 g/mol. The fraction of sp³-hybridized carbons (Fsp3) is 0.652. The van der Waals surface area contributed by atoms with Gasteiger partial charge in [-0.2, -0.15) is 0 Å². The van der Waals surface area contributed by atoms with Crippen LogP contribution in [0, 0.1) is 11.3 Å². The first-order chi connectivity index (χ1) is 12.3. The Morgan fingerprint density at radius 3 is 2.76 bits per heavy atom. The molecule has 25 heavy (non-hydrogen) atoms. The minimum atomic E-state index is 0.667. The fourth-order valence-electron chi connectivity index (χ4n) is 5.10. The normalized spacial score (nSPS) is 30.9. The standard InChI is InChI=1S/C23H34N2/c1-24(15-12-20-8-4-2-5-9-20)19-21-18-23(21)13-16-25(17-14-23)22-10-6-3-7-11-22/h2-4,6-8,10,21-22H,5,9,11-19H2,1H3. The lowest BCUT2D eigenvalue weighted by atomic mass is 9.89. The summed E-state index contributed by atoms with van der Waals surface area (Å²) in [5, 5.41) is 0. The summed E-state index contributed by atoms with van der Waals surface area (Å²) in [6.07, 6.45) is 25.3. The third-order valence-corrected chi connectivity index (χ3v) is 7.03. The van der Waals surface area contributed by atoms with E-state index in [4.69, 9.17) is 0 Å². The van der Waals surface area contributed by atoms with Crippen molar-refractivity contribution in [3.63, 3.8) is 0 Å². The minimum Gasteiger partial charge on any atom is -0.306 e. The van der Waals surface area contributed by atoms with E-state index in [0.717, 1.165) is 5.92 Å². The summed E-state index contributed by atoms with van der Waals surface area (Å²) in [6.45, 7) is 5.16. The lowest BCUT2D eigenvalue weighted by molar-refractivity contribution is 0.131. The average molecular weight is 339 g/mol. The van der Waals surface area contributed by atoms with E-state index in [0.29, 0.717) is 11.5 Å². The van der Waals surface area contributed by atoms with E-state index in [-0.39, 0.29) is 0 Å². The molecule has 0 aromatic rings. The van der Waals surface area contributed by atoms with Gasteiger partial charge in [0.1, 0.15) is 0 Å². The van der Waals surface area contributed by atoms with Gasteiger partial charge < -0.3 is 4.90 Å². The summed E-state index contributed by atoms with van der Waals surface area (Å²) in [6, 6.07) is 0.667. The van der Waals surface area contributed by atoms with Gasteiger partial charge in [0.15, 0.2) is 0 Å². The molecule has 136 valence electrons. The van der Waals surface area contributed by atoms with Crippen molar-refractivity contribution < 1.29 is 0 Å². The summed E-state index contributed by atoms with van der Waals surface area (Å²) in [4.78, 5) is 5.31. The maximum absolute atomic E-state index is 2.72. The second-order valence-corrected chi connectivity index (χ2v) is 8.72. The van der Waals surface area contributed by atoms with Gasteiger partial charge in [0.2, 0.25) is 0 Å². The van der Waals surface area contributed by atoms with E-state index in [9.17, 15) is 0 Å². The highest BCUT2D eigenvalue weighted by molar-refractivity contribution is 5.18. The molecule has 1 saturated heterocycles. The summed E-state index contributed by atoms with van der Waals surface area (Å²) in [5.41, 5.74) is 2.34. The number of hydrogen-bond acceptors (Lipinski definition) is 2. The first kappa shape index (κ1) is 17.3. The molecule has 4 aliphatic rings. The Morgan fingerprint density at radius 1 is 1.16 bits per heavy atom. The zero-order valence-electron chi connectivity index (χ0n) is 15.9. The third kappa shape index (κ3) is 4.17. The number of likely N-dealkylation sites (tertiary alicyclic amines) is 1. The van der Waals surface area contributed by atoms with Gasteiger partial charge in [-0.05, 0) is 76.4 Å². The summed E-state index contributed by atoms with van der Waals surface area (Å²) >= 11 is 0. The highest BCUT2D eigenvalue weighted by Gasteiger charge is 2.54. The molecule has 0 aromatic heterocycles. The Morgan fingerprint density at radius 2 is 2.04 bits per heavy atom. The number of allylic oxidation sites excluding steroid dienone is 5. The molecule has 2 nitrogen and oxygen atoms in total. The quantitative estimate of drug-likeness (QED) is 0.700. The topological polar surface area (TPSA) is 6.48 Å². The molecule has 1 aliphatic heterocycles. The number of hydrogen-bond donors (Lipinski definition) is 0. The lowest BCUT2D eigenvalue weighted by Crippen LogP contribution is -2.42. The zero-order valence-corrected chi connectivity index (χ0v) is 15.9. The summed E-state index contributed by atoms with van der Waals surface area (Å²) in [5.74, 6) is 0.960. The van der Waals surface area contributed by atoms with E-state index in [1.54, 1.807) is 5.57 Å². The van der Waals surface area contributed by atoms with Crippen LogP contribution in [0.5, 0.6) is 0 Å². The largest absolute Gasteiger partial charge is 0.306 e. The van der Waals surface area contributed by atoms with Crippen LogP contribution in [-0.2, 0) is 0 Å². The number of piperidine rings is 1. The van der Waals surface area contributed by atoms with Gasteiger partial charge in [0, 0.05) is 19.1 Å². The molecule has 4 rings (SSSR count). The van der Waals surface area contributed by atoms with Crippen molar-refractivity contribution in [2.45, 2.75) is 51.0 Å². The van der Waals surface area contributed by atoms with Crippen molar-refractivity contribution in [3.8, 4) is 0 Å². The molecule has 1 spiro atoms. The molecule has 2 unspecified atom stereocenters. The summed E-state index contributed by atoms with van der Waals surface area (Å²) in [7, 11) is 2.33. The van der Waals surface area contributed by atoms with Crippen LogP contribution in [0.3, 0.4) is 0 Å². The van der Waals surface area contributed by atoms with Gasteiger partial charge in [0.05, 0.1) is 0 Å². The molecule has 0 aromatic carbocycles. The maximum Gasteiger partial charge on any atom is 0.0315 e. The highest BCUT2D eigenvalue weighted by atomic mass is 15.2. The van der Waals surface area contributed by atoms with Crippen molar-refractivity contribution >= 4 is 0 Å². The van der Waals surface area contributed by atoms with Crippen LogP contribution in [-0.4, -0.2) is 49.1 Å². The molecule has 0 bridgehead atoms. The molecule has 0 amide bonds. The van der Waals surface area contributed by atoms with E-state index < -0.39 is 0 Å². The molecular weight excluding hydrogens is 304 g/mol. The van der Waals surface area contributed by atoms with E-state index in [1.165, 1.54) is 71.1 Å². The number of nitrogens with zero attached hydrogens (tertiary/aromatic N) is 2. The van der Waals surface area contributed by atoms with Crippen molar-refractivity contribution in [2.75, 3.05) is 33.2 Å². The zero-order chi connectivity index (χ0) is 17.1. The van der Waals surface area contributed by atoms with Gasteiger partial charge in [-0.3, -0.25) is 4.90 Å². The molecule has 0 radical (unpaired) electrons. The third-order valence-electron chi connectivity index (χ3n) is 7.03. The molecule has 3 aliphatic carbocycles. The predicted octanol–water partition coefficient (Wildman–Crippen LogP) is 4.57. The number of rotatable bonds is 6. The van der Waals surface area contributed by atoms with Crippen LogP contribution in [0.4, 0.5) is 0 Å². The molecule has 0 N–H and O–H groups in total. The molecule has 2 heteroatoms. The molecule has 1 saturated carbocycles. The van der Waals surface area contributed by atoms with Crippen LogP contribution in [0.15, 0.2) is 48.1 Å². The molecule has 2 atom stereocenters. The Labute approximate surface area is 154 Å². The van der Waals surface area contributed by atoms with Crippen LogP contribution in [0.2, 0.25) is 0 Å². The van der Waals surface area contributed by atoms with Crippen LogP contribution in [0.1, 0.15) is 44.9 Å². The lowest BCUT2D eigenvalue weighted by Gasteiger charge is -2.37. The van der Waals surface area contributed by atoms with Gasteiger partial charge in [0.25, 0.3) is 0 Å². The van der Waals surface area contributed by atoms with Crippen LogP contribution in [0.25, 0.3) is 0 Å². The van der Waals surface area contributed by atoms with Crippen LogP contribution < -0.4 is 0 Å². The highest BCUT2D eigenvalue weighted by Crippen LogP contribution is 2.59. The van der Waals surface area contributed by atoms with E-state index in [1.807, 2.05) is 0 Å². The second-order valence-electron chi connectivity index (χ2n) is 8.72. The SMILES string of the molecule is CN(CCC1=CC=CCC1)CC1CC12CCN(C1C=CC=CC1)CC2. The predicted molar refractivity (Wildman–Crippen MR) is 107 cm³/mol. The molecule has 2 fully saturated rings. The first-order valence-corrected chi connectivity index (χ1v) is 10.4. The van der Waals surface area contributed by atoms with Gasteiger partial charge >= 0.3 is 0 Å². The fourth-order valence-corrected chi connectivity index (χ4v) is 5.10. The van der Waals surface area contributed by atoms with Crippen LogP contribution >= 0.6 is 0 Å². The van der Waals surface area contributed by atoms with Crippen molar-refractivity contribution in [2.24, 2.45) is 11.3 Å². The van der Waals surface area contributed by atoms with Gasteiger partial charge in [-0.25, -0.2) is 0 Å². The smallest absolute Gasteiger partial charge is 0.0315 e. The Kier molecular flexibility index (Phi) is 5.28. The van der Waals surface area contributed by atoms with E-state index >= 15 is 0 Å². The van der Waals surface area contributed by atoms with Crippen molar-refractivity contribution in [1.82, 2.24) is 9.80 Å². The average Bonchev–Trinajstić information content (AvgIpc) is 3.33. The first-order valence-electron chi connectivity index (χ1n) is 10.4. The Hall–Kier alpha value is -1.12. The second kappa shape index (κ2) is 7.63. The minimum absolute atomic E-state index is 0.667. The Balaban J connectivity index is 1.19. The Bertz CT molecular complexity index is 575. The maximum atomic E-state index is 2.72. The van der Waals surface area contributed by atoms with E-state index in [2.05, 4.69) is 59.4 Å². The molecular formula is C23H34N2.